The predicted octanol–water partition coefficient (Wildman–Crippen LogP) is 3.77. The summed E-state index contributed by atoms with van der Waals surface area (Å²) < 4.78 is 50.0. The Morgan fingerprint density at radius 3 is 2.50 bits per heavy atom. The second-order valence-corrected chi connectivity index (χ2v) is 7.92. The van der Waals surface area contributed by atoms with Gasteiger partial charge in [0.15, 0.2) is 23.1 Å². The van der Waals surface area contributed by atoms with E-state index in [0.29, 0.717) is 70.9 Å². The Hall–Kier alpha value is -4.11. The third-order valence-electron chi connectivity index (χ3n) is 5.04. The summed E-state index contributed by atoms with van der Waals surface area (Å²) in [6.45, 7) is 3.53. The van der Waals surface area contributed by atoms with Crippen LogP contribution in [0.3, 0.4) is 0 Å². The number of halogens is 4. The van der Waals surface area contributed by atoms with Crippen LogP contribution in [0.1, 0.15) is 13.3 Å². The number of rotatable bonds is 8. The Morgan fingerprint density at radius 2 is 1.95 bits per heavy atom. The summed E-state index contributed by atoms with van der Waals surface area (Å²) in [5.74, 6) is -0.929. The van der Waals surface area contributed by atoms with Crippen LogP contribution in [0.2, 0.25) is 5.02 Å². The summed E-state index contributed by atoms with van der Waals surface area (Å²) in [6.07, 6.45) is -2.71. The first-order valence-electron chi connectivity index (χ1n) is 11.0. The number of benzene rings is 1. The number of nitrogens with two attached hydrogens (primary N) is 2. The lowest BCUT2D eigenvalue weighted by molar-refractivity contribution is -0.192. The third-order valence-corrected chi connectivity index (χ3v) is 5.28. The molecule has 0 bridgehead atoms. The van der Waals surface area contributed by atoms with Gasteiger partial charge < -0.3 is 30.6 Å². The van der Waals surface area contributed by atoms with E-state index >= 15 is 0 Å². The standard InChI is InChI=1S/C20H22ClN7O3.C2HF3O2/c1-3-28-18-14(30-8-4-7-22)10-24-15(12-9-11(21)5-6-13(12)29-2)16(18)25-20(28)17-19(23)27-31-26-17;3-2(4,5)1(6)7/h5-6,9-10H,3-4,7-8,22H2,1-2H3,(H2,23,27);(H,6,7). The zero-order chi connectivity index (χ0) is 28.0. The lowest BCUT2D eigenvalue weighted by Crippen LogP contribution is -2.21. The van der Waals surface area contributed by atoms with E-state index in [1.165, 1.54) is 0 Å². The molecule has 204 valence electrons. The predicted molar refractivity (Wildman–Crippen MR) is 131 cm³/mol. The van der Waals surface area contributed by atoms with E-state index in [1.807, 2.05) is 11.5 Å². The lowest BCUT2D eigenvalue weighted by Gasteiger charge is -2.13. The number of alkyl halides is 3. The fourth-order valence-electron chi connectivity index (χ4n) is 3.39. The summed E-state index contributed by atoms with van der Waals surface area (Å²) in [5, 5.41) is 15.3. The van der Waals surface area contributed by atoms with Gasteiger partial charge in [-0.3, -0.25) is 0 Å². The summed E-state index contributed by atoms with van der Waals surface area (Å²) in [7, 11) is 1.59. The van der Waals surface area contributed by atoms with Gasteiger partial charge in [0.05, 0.1) is 19.9 Å². The van der Waals surface area contributed by atoms with Crippen LogP contribution in [-0.2, 0) is 11.3 Å². The maximum absolute atomic E-state index is 10.6. The molecule has 4 rings (SSSR count). The number of anilines is 1. The minimum atomic E-state index is -5.08. The maximum atomic E-state index is 10.6. The molecule has 0 spiro atoms. The quantitative estimate of drug-likeness (QED) is 0.268. The summed E-state index contributed by atoms with van der Waals surface area (Å²) in [4.78, 5) is 18.3. The van der Waals surface area contributed by atoms with E-state index < -0.39 is 12.1 Å². The van der Waals surface area contributed by atoms with E-state index in [-0.39, 0.29) is 5.82 Å². The second kappa shape index (κ2) is 12.0. The van der Waals surface area contributed by atoms with Crippen LogP contribution in [0, 0.1) is 0 Å². The normalized spacial score (nSPS) is 11.2. The van der Waals surface area contributed by atoms with Crippen LogP contribution in [-0.4, -0.2) is 62.4 Å². The molecule has 0 fully saturated rings. The molecule has 12 nitrogen and oxygen atoms in total. The molecule has 0 saturated carbocycles. The average Bonchev–Trinajstić information content (AvgIpc) is 3.47. The van der Waals surface area contributed by atoms with E-state index in [9.17, 15) is 13.2 Å². The van der Waals surface area contributed by atoms with Gasteiger partial charge in [0, 0.05) is 17.1 Å². The van der Waals surface area contributed by atoms with Gasteiger partial charge in [0.2, 0.25) is 0 Å². The highest BCUT2D eigenvalue weighted by molar-refractivity contribution is 6.31. The Kier molecular flexibility index (Phi) is 8.96. The van der Waals surface area contributed by atoms with E-state index in [0.717, 1.165) is 5.52 Å². The number of carbonyl (C=O) groups is 1. The number of nitrogen functional groups attached to an aromatic ring is 1. The van der Waals surface area contributed by atoms with Crippen molar-refractivity contribution < 1.29 is 37.2 Å². The van der Waals surface area contributed by atoms with Crippen LogP contribution in [0.5, 0.6) is 11.5 Å². The molecule has 0 unspecified atom stereocenters. The minimum Gasteiger partial charge on any atom is -0.496 e. The van der Waals surface area contributed by atoms with Gasteiger partial charge in [-0.1, -0.05) is 11.6 Å². The number of methoxy groups -OCH3 is 1. The Bertz CT molecular complexity index is 1420. The molecule has 0 aliphatic heterocycles. The van der Waals surface area contributed by atoms with E-state index in [2.05, 4.69) is 15.3 Å². The van der Waals surface area contributed by atoms with Gasteiger partial charge in [0.1, 0.15) is 22.5 Å². The number of hydrogen-bond acceptors (Lipinski definition) is 10. The maximum Gasteiger partial charge on any atom is 0.490 e. The first-order valence-corrected chi connectivity index (χ1v) is 11.4. The Balaban J connectivity index is 0.000000505. The molecule has 3 heterocycles. The van der Waals surface area contributed by atoms with Gasteiger partial charge in [-0.25, -0.2) is 19.4 Å². The third kappa shape index (κ3) is 6.06. The number of pyridine rings is 1. The molecule has 4 aromatic rings. The van der Waals surface area contributed by atoms with Crippen molar-refractivity contribution in [3.05, 3.63) is 29.4 Å². The van der Waals surface area contributed by atoms with Gasteiger partial charge in [-0.15, -0.1) is 0 Å². The van der Waals surface area contributed by atoms with Crippen molar-refractivity contribution in [3.8, 4) is 34.3 Å². The number of carboxylic acid groups (broad SMARTS) is 1. The van der Waals surface area contributed by atoms with Crippen molar-refractivity contribution in [2.75, 3.05) is 26.0 Å². The van der Waals surface area contributed by atoms with Crippen LogP contribution in [0.4, 0.5) is 19.0 Å². The molecular weight excluding hydrogens is 535 g/mol. The molecule has 3 aromatic heterocycles. The molecular formula is C22H23ClF3N7O5. The largest absolute Gasteiger partial charge is 0.496 e. The molecule has 38 heavy (non-hydrogen) atoms. The summed E-state index contributed by atoms with van der Waals surface area (Å²) in [6, 6.07) is 5.32. The average molecular weight is 558 g/mol. The van der Waals surface area contributed by atoms with Gasteiger partial charge in [-0.2, -0.15) is 13.2 Å². The number of fused-ring (bicyclic) bond motifs is 1. The summed E-state index contributed by atoms with van der Waals surface area (Å²) in [5.41, 5.74) is 14.5. The summed E-state index contributed by atoms with van der Waals surface area (Å²) >= 11 is 6.26. The van der Waals surface area contributed by atoms with Crippen LogP contribution in [0.25, 0.3) is 33.8 Å². The molecule has 0 saturated heterocycles. The van der Waals surface area contributed by atoms with Crippen LogP contribution < -0.4 is 20.9 Å². The Labute approximate surface area is 218 Å². The molecule has 0 aliphatic carbocycles. The molecule has 0 aliphatic rings. The molecule has 1 aromatic carbocycles. The number of ether oxygens (including phenoxy) is 2. The van der Waals surface area contributed by atoms with Gasteiger partial charge in [0.25, 0.3) is 0 Å². The lowest BCUT2D eigenvalue weighted by atomic mass is 10.1. The number of aliphatic carboxylic acids is 1. The zero-order valence-corrected chi connectivity index (χ0v) is 20.9. The topological polar surface area (TPSA) is 177 Å². The highest BCUT2D eigenvalue weighted by Crippen LogP contribution is 2.40. The first-order chi connectivity index (χ1) is 18.0. The molecule has 0 radical (unpaired) electrons. The van der Waals surface area contributed by atoms with Crippen molar-refractivity contribution in [1.29, 1.82) is 0 Å². The fraction of sp³-hybridized carbons (Fsp3) is 0.318. The minimum absolute atomic E-state index is 0.144. The number of imidazole rings is 1. The van der Waals surface area contributed by atoms with Gasteiger partial charge in [-0.05, 0) is 48.4 Å². The van der Waals surface area contributed by atoms with Crippen molar-refractivity contribution in [3.63, 3.8) is 0 Å². The van der Waals surface area contributed by atoms with Crippen molar-refractivity contribution in [2.45, 2.75) is 26.1 Å². The zero-order valence-electron chi connectivity index (χ0n) is 20.1. The monoisotopic (exact) mass is 557 g/mol. The fourth-order valence-corrected chi connectivity index (χ4v) is 3.56. The number of hydrogen-bond donors (Lipinski definition) is 3. The number of aromatic nitrogens is 5. The van der Waals surface area contributed by atoms with E-state index in [4.69, 9.17) is 52.1 Å². The second-order valence-electron chi connectivity index (χ2n) is 7.48. The van der Waals surface area contributed by atoms with Crippen molar-refractivity contribution in [2.24, 2.45) is 5.73 Å². The smallest absolute Gasteiger partial charge is 0.490 e. The molecule has 16 heteroatoms. The molecule has 5 N–H and O–H groups in total. The SMILES string of the molecule is CCn1c(-c2nonc2N)nc2c(-c3cc(Cl)ccc3OC)ncc(OCCCN)c21.O=C(O)C(F)(F)F. The highest BCUT2D eigenvalue weighted by atomic mass is 35.5. The van der Waals surface area contributed by atoms with E-state index in [1.54, 1.807) is 31.5 Å². The highest BCUT2D eigenvalue weighted by Gasteiger charge is 2.38. The Morgan fingerprint density at radius 1 is 1.24 bits per heavy atom. The van der Waals surface area contributed by atoms with Crippen LogP contribution in [0.15, 0.2) is 29.0 Å². The van der Waals surface area contributed by atoms with Crippen LogP contribution >= 0.6 is 11.6 Å². The molecule has 0 atom stereocenters. The van der Waals surface area contributed by atoms with Crippen molar-refractivity contribution in [1.82, 2.24) is 24.8 Å². The number of aryl methyl sites for hydroxylation is 1. The first kappa shape index (κ1) is 28.5. The number of carboxylic acids is 1. The molecule has 0 amide bonds. The van der Waals surface area contributed by atoms with Crippen molar-refractivity contribution >= 4 is 34.4 Å². The van der Waals surface area contributed by atoms with Gasteiger partial charge >= 0.3 is 12.1 Å². The number of nitrogens with zero attached hydrogens (tertiary/aromatic N) is 5.